The SMILES string of the molecule is CCC(C)N(Cc1ccc(OC)c(OS(=O)(=O)CC)c1)C(=O)Nc1ccc(OC)cc1OC. The first-order valence-electron chi connectivity index (χ1n) is 10.6. The molecule has 2 aromatic carbocycles. The maximum absolute atomic E-state index is 13.2. The zero-order valence-corrected chi connectivity index (χ0v) is 20.7. The Morgan fingerprint density at radius 2 is 1.67 bits per heavy atom. The summed E-state index contributed by atoms with van der Waals surface area (Å²) in [7, 11) is 0.759. The Morgan fingerprint density at radius 3 is 2.24 bits per heavy atom. The summed E-state index contributed by atoms with van der Waals surface area (Å²) in [6.07, 6.45) is 0.719. The molecule has 0 aliphatic rings. The Kier molecular flexibility index (Phi) is 9.22. The molecule has 2 amide bonds. The van der Waals surface area contributed by atoms with Gasteiger partial charge in [0.25, 0.3) is 0 Å². The van der Waals surface area contributed by atoms with Gasteiger partial charge >= 0.3 is 16.1 Å². The predicted molar refractivity (Wildman–Crippen MR) is 127 cm³/mol. The Labute approximate surface area is 195 Å². The second-order valence-electron chi connectivity index (χ2n) is 7.30. The van der Waals surface area contributed by atoms with Gasteiger partial charge in [0, 0.05) is 18.7 Å². The highest BCUT2D eigenvalue weighted by Crippen LogP contribution is 2.32. The number of urea groups is 1. The number of carbonyl (C=O) groups is 1. The van der Waals surface area contributed by atoms with E-state index in [9.17, 15) is 13.2 Å². The first-order chi connectivity index (χ1) is 15.7. The van der Waals surface area contributed by atoms with Gasteiger partial charge in [-0.3, -0.25) is 0 Å². The van der Waals surface area contributed by atoms with Crippen molar-refractivity contribution in [3.05, 3.63) is 42.0 Å². The van der Waals surface area contributed by atoms with Gasteiger partial charge < -0.3 is 28.6 Å². The first-order valence-corrected chi connectivity index (χ1v) is 12.1. The minimum atomic E-state index is -3.74. The fourth-order valence-corrected chi connectivity index (χ4v) is 3.54. The minimum Gasteiger partial charge on any atom is -0.497 e. The third-order valence-corrected chi connectivity index (χ3v) is 6.33. The van der Waals surface area contributed by atoms with E-state index in [1.807, 2.05) is 13.8 Å². The molecule has 0 fully saturated rings. The molecule has 0 aromatic heterocycles. The molecule has 0 aliphatic carbocycles. The molecule has 10 heteroatoms. The van der Waals surface area contributed by atoms with Crippen molar-refractivity contribution in [2.24, 2.45) is 0 Å². The van der Waals surface area contributed by atoms with E-state index in [4.69, 9.17) is 18.4 Å². The van der Waals surface area contributed by atoms with Gasteiger partial charge in [0.15, 0.2) is 11.5 Å². The van der Waals surface area contributed by atoms with Gasteiger partial charge in [0.1, 0.15) is 11.5 Å². The lowest BCUT2D eigenvalue weighted by Crippen LogP contribution is -2.40. The summed E-state index contributed by atoms with van der Waals surface area (Å²) in [5.41, 5.74) is 1.19. The van der Waals surface area contributed by atoms with Crippen LogP contribution in [0.4, 0.5) is 10.5 Å². The van der Waals surface area contributed by atoms with Crippen LogP contribution in [0.3, 0.4) is 0 Å². The zero-order valence-electron chi connectivity index (χ0n) is 19.9. The van der Waals surface area contributed by atoms with Crippen molar-refractivity contribution in [3.8, 4) is 23.0 Å². The number of carbonyl (C=O) groups excluding carboxylic acids is 1. The molecule has 0 saturated heterocycles. The van der Waals surface area contributed by atoms with Gasteiger partial charge in [0.05, 0.1) is 32.8 Å². The molecule has 1 atom stereocenters. The molecule has 0 spiro atoms. The fourth-order valence-electron chi connectivity index (χ4n) is 3.01. The van der Waals surface area contributed by atoms with Gasteiger partial charge in [-0.1, -0.05) is 13.0 Å². The van der Waals surface area contributed by atoms with Crippen molar-refractivity contribution < 1.29 is 31.6 Å². The summed E-state index contributed by atoms with van der Waals surface area (Å²) < 4.78 is 44.9. The molecular formula is C23H32N2O7S. The molecule has 2 aromatic rings. The lowest BCUT2D eigenvalue weighted by molar-refractivity contribution is 0.187. The number of methoxy groups -OCH3 is 3. The van der Waals surface area contributed by atoms with Crippen molar-refractivity contribution in [2.45, 2.75) is 39.8 Å². The quantitative estimate of drug-likeness (QED) is 0.479. The summed E-state index contributed by atoms with van der Waals surface area (Å²) in [5.74, 6) is 1.27. The maximum Gasteiger partial charge on any atom is 0.322 e. The fraction of sp³-hybridized carbons (Fsp3) is 0.435. The van der Waals surface area contributed by atoms with Gasteiger partial charge in [-0.25, -0.2) is 4.79 Å². The van der Waals surface area contributed by atoms with E-state index in [0.29, 0.717) is 28.5 Å². The summed E-state index contributed by atoms with van der Waals surface area (Å²) >= 11 is 0. The average Bonchev–Trinajstić information content (AvgIpc) is 2.82. The zero-order chi connectivity index (χ0) is 24.6. The minimum absolute atomic E-state index is 0.0817. The van der Waals surface area contributed by atoms with Crippen LogP contribution >= 0.6 is 0 Å². The lowest BCUT2D eigenvalue weighted by Gasteiger charge is -2.29. The number of nitrogens with zero attached hydrogens (tertiary/aromatic N) is 1. The number of nitrogens with one attached hydrogen (secondary N) is 1. The number of rotatable bonds is 11. The van der Waals surface area contributed by atoms with Gasteiger partial charge in [0.2, 0.25) is 0 Å². The monoisotopic (exact) mass is 480 g/mol. The topological polar surface area (TPSA) is 103 Å². The number of benzene rings is 2. The van der Waals surface area contributed by atoms with Crippen molar-refractivity contribution in [2.75, 3.05) is 32.4 Å². The van der Waals surface area contributed by atoms with E-state index in [1.54, 1.807) is 48.4 Å². The van der Waals surface area contributed by atoms with Crippen LogP contribution in [0.15, 0.2) is 36.4 Å². The second-order valence-corrected chi connectivity index (χ2v) is 9.16. The molecule has 0 bridgehead atoms. The normalized spacial score (nSPS) is 11.9. The van der Waals surface area contributed by atoms with E-state index >= 15 is 0 Å². The van der Waals surface area contributed by atoms with Crippen LogP contribution in [0.1, 0.15) is 32.8 Å². The van der Waals surface area contributed by atoms with Crippen molar-refractivity contribution in [1.82, 2.24) is 4.90 Å². The van der Waals surface area contributed by atoms with E-state index in [0.717, 1.165) is 6.42 Å². The molecule has 1 N–H and O–H groups in total. The summed E-state index contributed by atoms with van der Waals surface area (Å²) in [5, 5.41) is 2.89. The standard InChI is InChI=1S/C23H32N2O7S/c1-7-16(3)25(23(26)24-19-11-10-18(29-4)14-21(19)31-6)15-17-9-12-20(30-5)22(13-17)32-33(27,28)8-2/h9-14,16H,7-8,15H2,1-6H3,(H,24,26). The smallest absolute Gasteiger partial charge is 0.322 e. The molecule has 9 nitrogen and oxygen atoms in total. The molecule has 0 heterocycles. The molecule has 0 radical (unpaired) electrons. The van der Waals surface area contributed by atoms with E-state index < -0.39 is 10.1 Å². The summed E-state index contributed by atoms with van der Waals surface area (Å²) in [4.78, 5) is 14.9. The molecule has 0 saturated carbocycles. The number of anilines is 1. The van der Waals surface area contributed by atoms with Crippen LogP contribution in [-0.4, -0.2) is 52.5 Å². The number of ether oxygens (including phenoxy) is 3. The van der Waals surface area contributed by atoms with Crippen LogP contribution in [0.5, 0.6) is 23.0 Å². The summed E-state index contributed by atoms with van der Waals surface area (Å²) in [6.45, 7) is 5.64. The molecule has 0 aliphatic heterocycles. The first kappa shape index (κ1) is 26.1. The van der Waals surface area contributed by atoms with Crippen molar-refractivity contribution in [1.29, 1.82) is 0 Å². The van der Waals surface area contributed by atoms with Gasteiger partial charge in [-0.2, -0.15) is 8.42 Å². The second kappa shape index (κ2) is 11.6. The maximum atomic E-state index is 13.2. The number of amides is 2. The van der Waals surface area contributed by atoms with Crippen LogP contribution in [0.25, 0.3) is 0 Å². The van der Waals surface area contributed by atoms with Crippen LogP contribution in [0, 0.1) is 0 Å². The largest absolute Gasteiger partial charge is 0.497 e. The van der Waals surface area contributed by atoms with Gasteiger partial charge in [-0.05, 0) is 50.1 Å². The number of hydrogen-bond acceptors (Lipinski definition) is 7. The molecule has 2 rings (SSSR count). The Bertz CT molecular complexity index is 1060. The molecule has 182 valence electrons. The average molecular weight is 481 g/mol. The van der Waals surface area contributed by atoms with Crippen molar-refractivity contribution >= 4 is 21.8 Å². The van der Waals surface area contributed by atoms with Crippen LogP contribution in [0.2, 0.25) is 0 Å². The Balaban J connectivity index is 2.32. The van der Waals surface area contributed by atoms with E-state index in [1.165, 1.54) is 21.1 Å². The Hall–Kier alpha value is -3.14. The summed E-state index contributed by atoms with van der Waals surface area (Å²) in [6, 6.07) is 9.65. The highest BCUT2D eigenvalue weighted by atomic mass is 32.2. The lowest BCUT2D eigenvalue weighted by atomic mass is 10.1. The number of hydrogen-bond donors (Lipinski definition) is 1. The molecule has 1 unspecified atom stereocenters. The highest BCUT2D eigenvalue weighted by molar-refractivity contribution is 7.87. The Morgan fingerprint density at radius 1 is 0.970 bits per heavy atom. The van der Waals surface area contributed by atoms with Crippen molar-refractivity contribution in [3.63, 3.8) is 0 Å². The van der Waals surface area contributed by atoms with E-state index in [-0.39, 0.29) is 30.1 Å². The third kappa shape index (κ3) is 6.92. The highest BCUT2D eigenvalue weighted by Gasteiger charge is 2.22. The van der Waals surface area contributed by atoms with Crippen LogP contribution in [-0.2, 0) is 16.7 Å². The van der Waals surface area contributed by atoms with Gasteiger partial charge in [-0.15, -0.1) is 0 Å². The molecule has 33 heavy (non-hydrogen) atoms. The van der Waals surface area contributed by atoms with E-state index in [2.05, 4.69) is 5.32 Å². The predicted octanol–water partition coefficient (Wildman–Crippen LogP) is 4.27. The third-order valence-electron chi connectivity index (χ3n) is 5.19. The molecular weight excluding hydrogens is 448 g/mol. The van der Waals surface area contributed by atoms with Crippen LogP contribution < -0.4 is 23.7 Å².